The van der Waals surface area contributed by atoms with Gasteiger partial charge in [-0.1, -0.05) is 6.58 Å². The first-order valence-electron chi connectivity index (χ1n) is 6.32. The summed E-state index contributed by atoms with van der Waals surface area (Å²) in [6.45, 7) is 5.51. The van der Waals surface area contributed by atoms with Gasteiger partial charge in [-0.25, -0.2) is 0 Å². The van der Waals surface area contributed by atoms with Crippen molar-refractivity contribution >= 4 is 23.2 Å². The zero-order valence-electron chi connectivity index (χ0n) is 11.1. The second kappa shape index (κ2) is 6.21. The van der Waals surface area contributed by atoms with Crippen molar-refractivity contribution in [2.24, 2.45) is 0 Å². The fraction of sp³-hybridized carbons (Fsp3) is 0.286. The number of ether oxygens (including phenoxy) is 1. The van der Waals surface area contributed by atoms with E-state index >= 15 is 0 Å². The lowest BCUT2D eigenvalue weighted by atomic mass is 10.1. The van der Waals surface area contributed by atoms with Crippen molar-refractivity contribution in [3.05, 3.63) is 36.4 Å². The number of anilines is 2. The highest BCUT2D eigenvalue weighted by Crippen LogP contribution is 2.21. The topological polar surface area (TPSA) is 84.7 Å². The first-order chi connectivity index (χ1) is 9.61. The van der Waals surface area contributed by atoms with E-state index in [2.05, 4.69) is 11.9 Å². The smallest absolute Gasteiger partial charge is 0.256 e. The van der Waals surface area contributed by atoms with Gasteiger partial charge in [0, 0.05) is 18.8 Å². The summed E-state index contributed by atoms with van der Waals surface area (Å²) < 4.78 is 5.22. The normalized spacial score (nSPS) is 14.7. The minimum absolute atomic E-state index is 0.146. The van der Waals surface area contributed by atoms with Crippen LogP contribution >= 0.6 is 0 Å². The largest absolute Gasteiger partial charge is 0.399 e. The fourth-order valence-corrected chi connectivity index (χ4v) is 1.97. The third-order valence-electron chi connectivity index (χ3n) is 3.02. The summed E-state index contributed by atoms with van der Waals surface area (Å²) in [4.78, 5) is 25.6. The number of benzene rings is 1. The SMILES string of the molecule is C=CC(=O)Nc1cc(N)ccc1C(=O)N1CCOCC1. The fourth-order valence-electron chi connectivity index (χ4n) is 1.97. The summed E-state index contributed by atoms with van der Waals surface area (Å²) in [6.07, 6.45) is 1.15. The van der Waals surface area contributed by atoms with Gasteiger partial charge in [0.2, 0.25) is 5.91 Å². The third-order valence-corrected chi connectivity index (χ3v) is 3.02. The quantitative estimate of drug-likeness (QED) is 0.633. The summed E-state index contributed by atoms with van der Waals surface area (Å²) in [6, 6.07) is 4.82. The van der Waals surface area contributed by atoms with Gasteiger partial charge >= 0.3 is 0 Å². The lowest BCUT2D eigenvalue weighted by Crippen LogP contribution is -2.41. The molecule has 2 rings (SSSR count). The monoisotopic (exact) mass is 275 g/mol. The van der Waals surface area contributed by atoms with Crippen LogP contribution in [0.4, 0.5) is 11.4 Å². The molecule has 0 aliphatic carbocycles. The second-order valence-electron chi connectivity index (χ2n) is 4.40. The number of nitrogen functional groups attached to an aromatic ring is 1. The molecule has 20 heavy (non-hydrogen) atoms. The zero-order chi connectivity index (χ0) is 14.5. The molecule has 0 bridgehead atoms. The van der Waals surface area contributed by atoms with E-state index in [1.807, 2.05) is 0 Å². The number of morpholine rings is 1. The van der Waals surface area contributed by atoms with Gasteiger partial charge < -0.3 is 20.7 Å². The van der Waals surface area contributed by atoms with Crippen molar-refractivity contribution in [1.82, 2.24) is 4.90 Å². The van der Waals surface area contributed by atoms with E-state index in [4.69, 9.17) is 10.5 Å². The molecule has 1 fully saturated rings. The van der Waals surface area contributed by atoms with E-state index in [1.54, 1.807) is 23.1 Å². The molecule has 1 aliphatic heterocycles. The molecule has 2 amide bonds. The van der Waals surface area contributed by atoms with E-state index in [0.29, 0.717) is 43.2 Å². The highest BCUT2D eigenvalue weighted by Gasteiger charge is 2.21. The van der Waals surface area contributed by atoms with Crippen LogP contribution in [0, 0.1) is 0 Å². The first-order valence-corrected chi connectivity index (χ1v) is 6.32. The first kappa shape index (κ1) is 14.1. The lowest BCUT2D eigenvalue weighted by molar-refractivity contribution is -0.111. The average Bonchev–Trinajstić information content (AvgIpc) is 2.47. The summed E-state index contributed by atoms with van der Waals surface area (Å²) in [7, 11) is 0. The number of rotatable bonds is 3. The molecule has 0 spiro atoms. The van der Waals surface area contributed by atoms with Crippen LogP contribution in [-0.2, 0) is 9.53 Å². The minimum Gasteiger partial charge on any atom is -0.399 e. The van der Waals surface area contributed by atoms with E-state index in [-0.39, 0.29) is 11.8 Å². The van der Waals surface area contributed by atoms with Gasteiger partial charge in [-0.3, -0.25) is 9.59 Å². The highest BCUT2D eigenvalue weighted by atomic mass is 16.5. The number of carbonyl (C=O) groups excluding carboxylic acids is 2. The average molecular weight is 275 g/mol. The molecule has 1 aromatic rings. The number of amides is 2. The molecule has 1 aromatic carbocycles. The molecule has 0 radical (unpaired) electrons. The van der Waals surface area contributed by atoms with Crippen LogP contribution < -0.4 is 11.1 Å². The highest BCUT2D eigenvalue weighted by molar-refractivity contribution is 6.06. The van der Waals surface area contributed by atoms with Crippen LogP contribution in [0.1, 0.15) is 10.4 Å². The van der Waals surface area contributed by atoms with Crippen molar-refractivity contribution < 1.29 is 14.3 Å². The van der Waals surface area contributed by atoms with Crippen molar-refractivity contribution in [2.75, 3.05) is 37.4 Å². The number of nitrogens with one attached hydrogen (secondary N) is 1. The molecule has 1 aliphatic rings. The van der Waals surface area contributed by atoms with Gasteiger partial charge in [0.15, 0.2) is 0 Å². The van der Waals surface area contributed by atoms with Crippen LogP contribution in [0.25, 0.3) is 0 Å². The molecule has 6 heteroatoms. The summed E-state index contributed by atoms with van der Waals surface area (Å²) in [5, 5.41) is 2.61. The zero-order valence-corrected chi connectivity index (χ0v) is 11.1. The molecule has 6 nitrogen and oxygen atoms in total. The van der Waals surface area contributed by atoms with E-state index < -0.39 is 0 Å². The maximum Gasteiger partial charge on any atom is 0.256 e. The number of hydrogen-bond donors (Lipinski definition) is 2. The summed E-state index contributed by atoms with van der Waals surface area (Å²) >= 11 is 0. The Kier molecular flexibility index (Phi) is 4.37. The van der Waals surface area contributed by atoms with Crippen molar-refractivity contribution in [1.29, 1.82) is 0 Å². The van der Waals surface area contributed by atoms with Gasteiger partial charge in [-0.2, -0.15) is 0 Å². The Morgan fingerprint density at radius 3 is 2.70 bits per heavy atom. The van der Waals surface area contributed by atoms with Crippen molar-refractivity contribution in [3.63, 3.8) is 0 Å². The Balaban J connectivity index is 2.27. The minimum atomic E-state index is -0.383. The van der Waals surface area contributed by atoms with Crippen LogP contribution in [0.3, 0.4) is 0 Å². The van der Waals surface area contributed by atoms with E-state index in [1.165, 1.54) is 0 Å². The molecular formula is C14H17N3O3. The predicted molar refractivity (Wildman–Crippen MR) is 76.4 cm³/mol. The van der Waals surface area contributed by atoms with Crippen LogP contribution in [-0.4, -0.2) is 43.0 Å². The van der Waals surface area contributed by atoms with E-state index in [0.717, 1.165) is 6.08 Å². The van der Waals surface area contributed by atoms with Crippen molar-refractivity contribution in [2.45, 2.75) is 0 Å². The molecule has 1 saturated heterocycles. The molecule has 0 saturated carbocycles. The molecule has 0 aromatic heterocycles. The molecular weight excluding hydrogens is 258 g/mol. The standard InChI is InChI=1S/C14H17N3O3/c1-2-13(18)16-12-9-10(15)3-4-11(12)14(19)17-5-7-20-8-6-17/h2-4,9H,1,5-8,15H2,(H,16,18). The molecule has 106 valence electrons. The van der Waals surface area contributed by atoms with Gasteiger partial charge in [0.05, 0.1) is 24.5 Å². The number of carbonyl (C=O) groups is 2. The Labute approximate surface area is 117 Å². The van der Waals surface area contributed by atoms with Crippen LogP contribution in [0.15, 0.2) is 30.9 Å². The Morgan fingerprint density at radius 2 is 2.05 bits per heavy atom. The van der Waals surface area contributed by atoms with Gasteiger partial charge in [0.1, 0.15) is 0 Å². The van der Waals surface area contributed by atoms with Gasteiger partial charge in [-0.15, -0.1) is 0 Å². The molecule has 0 unspecified atom stereocenters. The van der Waals surface area contributed by atoms with Crippen LogP contribution in [0.2, 0.25) is 0 Å². The van der Waals surface area contributed by atoms with Crippen molar-refractivity contribution in [3.8, 4) is 0 Å². The number of nitrogens with two attached hydrogens (primary N) is 1. The second-order valence-corrected chi connectivity index (χ2v) is 4.40. The van der Waals surface area contributed by atoms with Gasteiger partial charge in [-0.05, 0) is 24.3 Å². The third kappa shape index (κ3) is 3.16. The van der Waals surface area contributed by atoms with E-state index in [9.17, 15) is 9.59 Å². The predicted octanol–water partition coefficient (Wildman–Crippen LogP) is 0.866. The molecule has 3 N–H and O–H groups in total. The maximum absolute atomic E-state index is 12.5. The number of nitrogens with zero attached hydrogens (tertiary/aromatic N) is 1. The maximum atomic E-state index is 12.5. The number of hydrogen-bond acceptors (Lipinski definition) is 4. The Bertz CT molecular complexity index is 536. The summed E-state index contributed by atoms with van der Waals surface area (Å²) in [5.74, 6) is -0.528. The molecule has 0 atom stereocenters. The molecule has 1 heterocycles. The Morgan fingerprint density at radius 1 is 1.35 bits per heavy atom. The Hall–Kier alpha value is -2.34. The summed E-state index contributed by atoms with van der Waals surface area (Å²) in [5.41, 5.74) is 6.98. The van der Waals surface area contributed by atoms with Gasteiger partial charge in [0.25, 0.3) is 5.91 Å². The van der Waals surface area contributed by atoms with Crippen LogP contribution in [0.5, 0.6) is 0 Å². The lowest BCUT2D eigenvalue weighted by Gasteiger charge is -2.27.